The number of hydrogen-bond donors (Lipinski definition) is 2. The van der Waals surface area contributed by atoms with Crippen LogP contribution < -0.4 is 9.47 Å². The zero-order chi connectivity index (χ0) is 23.2. The lowest BCUT2D eigenvalue weighted by atomic mass is 10.1. The number of para-hydroxylation sites is 2. The van der Waals surface area contributed by atoms with Gasteiger partial charge >= 0.3 is 11.9 Å². The van der Waals surface area contributed by atoms with E-state index in [-0.39, 0.29) is 49.1 Å². The molecule has 11 heteroatoms. The van der Waals surface area contributed by atoms with Crippen molar-refractivity contribution >= 4 is 23.3 Å². The second-order valence-electron chi connectivity index (χ2n) is 6.81. The Morgan fingerprint density at radius 2 is 1.12 bits per heavy atom. The van der Waals surface area contributed by atoms with Crippen molar-refractivity contribution in [2.45, 2.75) is 0 Å². The van der Waals surface area contributed by atoms with Gasteiger partial charge in [0.05, 0.1) is 37.6 Å². The fraction of sp³-hybridized carbons (Fsp3) is 0.273. The van der Waals surface area contributed by atoms with Gasteiger partial charge in [0.25, 0.3) is 0 Å². The summed E-state index contributed by atoms with van der Waals surface area (Å²) in [6, 6.07) is 9.48. The maximum absolute atomic E-state index is 11.8. The summed E-state index contributed by atoms with van der Waals surface area (Å²) >= 11 is 1.17. The maximum atomic E-state index is 11.8. The molecule has 1 aliphatic heterocycles. The molecule has 2 bridgehead atoms. The van der Waals surface area contributed by atoms with Gasteiger partial charge in [-0.2, -0.15) is 0 Å². The van der Waals surface area contributed by atoms with E-state index in [1.165, 1.54) is 23.5 Å². The van der Waals surface area contributed by atoms with E-state index in [0.29, 0.717) is 34.4 Å². The van der Waals surface area contributed by atoms with Gasteiger partial charge in [-0.05, 0) is 24.3 Å². The Morgan fingerprint density at radius 1 is 0.697 bits per heavy atom. The van der Waals surface area contributed by atoms with Crippen LogP contribution in [-0.4, -0.2) is 72.0 Å². The lowest BCUT2D eigenvalue weighted by Gasteiger charge is -2.13. The van der Waals surface area contributed by atoms with E-state index < -0.39 is 11.9 Å². The highest BCUT2D eigenvalue weighted by atomic mass is 32.1. The molecule has 0 saturated carbocycles. The molecule has 0 aliphatic carbocycles. The molecule has 4 rings (SSSR count). The molecular formula is C22H20N2O8S. The number of aromatic carboxylic acids is 2. The average molecular weight is 472 g/mol. The van der Waals surface area contributed by atoms with Crippen LogP contribution in [0.1, 0.15) is 20.7 Å². The molecule has 33 heavy (non-hydrogen) atoms. The van der Waals surface area contributed by atoms with Crippen molar-refractivity contribution in [1.82, 2.24) is 10.2 Å². The lowest BCUT2D eigenvalue weighted by molar-refractivity contribution is 0.0270. The smallest absolute Gasteiger partial charge is 0.339 e. The van der Waals surface area contributed by atoms with Crippen molar-refractivity contribution in [3.05, 3.63) is 47.5 Å². The quantitative estimate of drug-likeness (QED) is 0.572. The van der Waals surface area contributed by atoms with Crippen LogP contribution in [-0.2, 0) is 9.47 Å². The first-order valence-corrected chi connectivity index (χ1v) is 10.9. The normalized spacial score (nSPS) is 14.7. The van der Waals surface area contributed by atoms with Gasteiger partial charge in [0.1, 0.15) is 35.8 Å². The molecule has 1 aliphatic rings. The largest absolute Gasteiger partial charge is 0.490 e. The number of carboxylic acid groups (broad SMARTS) is 2. The first-order chi connectivity index (χ1) is 16.1. The monoisotopic (exact) mass is 472 g/mol. The standard InChI is InChI=1S/C22H20N2O8S/c25-21(26)15-5-1-3-13-17(15)31-11-9-29-7-8-30-10-12-32-18-14(20-24-23-19(13)33-20)4-2-6-16(18)22(27)28/h1-6H,7-12H2,(H,25,26)(H,27,28). The Morgan fingerprint density at radius 3 is 1.55 bits per heavy atom. The first-order valence-electron chi connectivity index (χ1n) is 10.0. The highest BCUT2D eigenvalue weighted by Crippen LogP contribution is 2.40. The van der Waals surface area contributed by atoms with Crippen LogP contribution in [0.5, 0.6) is 11.5 Å². The van der Waals surface area contributed by atoms with Crippen LogP contribution in [0.15, 0.2) is 36.4 Å². The van der Waals surface area contributed by atoms with Crippen LogP contribution in [0.2, 0.25) is 0 Å². The Labute approximate surface area is 192 Å². The summed E-state index contributed by atoms with van der Waals surface area (Å²) < 4.78 is 22.5. The Kier molecular flexibility index (Phi) is 7.13. The molecule has 0 saturated heterocycles. The van der Waals surface area contributed by atoms with Crippen molar-refractivity contribution in [2.75, 3.05) is 39.6 Å². The van der Waals surface area contributed by atoms with E-state index in [2.05, 4.69) is 10.2 Å². The van der Waals surface area contributed by atoms with Crippen molar-refractivity contribution in [1.29, 1.82) is 0 Å². The summed E-state index contributed by atoms with van der Waals surface area (Å²) in [6.07, 6.45) is 0. The van der Waals surface area contributed by atoms with E-state index in [1.807, 2.05) is 0 Å². The number of carbonyl (C=O) groups is 2. The summed E-state index contributed by atoms with van der Waals surface area (Å²) in [4.78, 5) is 23.5. The van der Waals surface area contributed by atoms with E-state index in [4.69, 9.17) is 18.9 Å². The minimum atomic E-state index is -1.14. The number of ether oxygens (including phenoxy) is 4. The van der Waals surface area contributed by atoms with E-state index >= 15 is 0 Å². The minimum Gasteiger partial charge on any atom is -0.490 e. The topological polar surface area (TPSA) is 137 Å². The first kappa shape index (κ1) is 22.6. The van der Waals surface area contributed by atoms with Gasteiger partial charge in [-0.25, -0.2) is 9.59 Å². The zero-order valence-electron chi connectivity index (χ0n) is 17.4. The number of carboxylic acids is 2. The number of nitrogens with zero attached hydrogens (tertiary/aromatic N) is 2. The molecule has 0 amide bonds. The molecule has 2 N–H and O–H groups in total. The number of hydrogen-bond acceptors (Lipinski definition) is 9. The van der Waals surface area contributed by atoms with Crippen LogP contribution in [0, 0.1) is 0 Å². The third kappa shape index (κ3) is 5.11. The number of fused-ring (bicyclic) bond motifs is 6. The third-order valence-electron chi connectivity index (χ3n) is 4.70. The zero-order valence-corrected chi connectivity index (χ0v) is 18.2. The molecule has 10 nitrogen and oxygen atoms in total. The molecule has 2 aromatic carbocycles. The van der Waals surface area contributed by atoms with Gasteiger partial charge in [-0.3, -0.25) is 0 Å². The van der Waals surface area contributed by atoms with Gasteiger partial charge in [0.2, 0.25) is 0 Å². The van der Waals surface area contributed by atoms with E-state index in [9.17, 15) is 19.8 Å². The van der Waals surface area contributed by atoms with Crippen LogP contribution >= 0.6 is 11.3 Å². The van der Waals surface area contributed by atoms with Gasteiger partial charge in [0, 0.05) is 0 Å². The minimum absolute atomic E-state index is 0.0117. The number of benzene rings is 2. The fourth-order valence-corrected chi connectivity index (χ4v) is 4.11. The summed E-state index contributed by atoms with van der Waals surface area (Å²) in [5.41, 5.74) is 0.899. The Hall–Kier alpha value is -3.54. The molecule has 0 fully saturated rings. The highest BCUT2D eigenvalue weighted by molar-refractivity contribution is 7.18. The highest BCUT2D eigenvalue weighted by Gasteiger charge is 2.23. The summed E-state index contributed by atoms with van der Waals surface area (Å²) in [5.74, 6) is -1.96. The van der Waals surface area contributed by atoms with Gasteiger partial charge < -0.3 is 29.2 Å². The molecule has 0 radical (unpaired) electrons. The molecule has 1 aromatic heterocycles. The predicted octanol–water partition coefficient (Wildman–Crippen LogP) is 3.07. The van der Waals surface area contributed by atoms with Crippen LogP contribution in [0.4, 0.5) is 0 Å². The second kappa shape index (κ2) is 10.4. The van der Waals surface area contributed by atoms with E-state index in [0.717, 1.165) is 0 Å². The molecular weight excluding hydrogens is 452 g/mol. The van der Waals surface area contributed by atoms with Gasteiger partial charge in [-0.1, -0.05) is 23.5 Å². The summed E-state index contributed by atoms with van der Waals surface area (Å²) in [6.45, 7) is 1.37. The van der Waals surface area contributed by atoms with Crippen molar-refractivity contribution < 1.29 is 38.7 Å². The third-order valence-corrected chi connectivity index (χ3v) is 5.69. The maximum Gasteiger partial charge on any atom is 0.339 e. The molecule has 0 atom stereocenters. The molecule has 3 aromatic rings. The fourth-order valence-electron chi connectivity index (χ4n) is 3.23. The molecule has 2 heterocycles. The lowest BCUT2D eigenvalue weighted by Crippen LogP contribution is -2.15. The van der Waals surface area contributed by atoms with E-state index in [1.54, 1.807) is 24.3 Å². The molecule has 0 unspecified atom stereocenters. The number of rotatable bonds is 2. The molecule has 0 spiro atoms. The van der Waals surface area contributed by atoms with Gasteiger partial charge in [-0.15, -0.1) is 10.2 Å². The predicted molar refractivity (Wildman–Crippen MR) is 117 cm³/mol. The Balaban J connectivity index is 1.81. The van der Waals surface area contributed by atoms with Gasteiger partial charge in [0.15, 0.2) is 10.0 Å². The Bertz CT molecular complexity index is 1080. The van der Waals surface area contributed by atoms with Crippen molar-refractivity contribution in [3.8, 4) is 32.6 Å². The number of aromatic nitrogens is 2. The van der Waals surface area contributed by atoms with Crippen molar-refractivity contribution in [2.24, 2.45) is 0 Å². The average Bonchev–Trinajstić information content (AvgIpc) is 3.29. The summed E-state index contributed by atoms with van der Waals surface area (Å²) in [7, 11) is 0. The molecule has 172 valence electrons. The van der Waals surface area contributed by atoms with Crippen LogP contribution in [0.25, 0.3) is 21.1 Å². The summed E-state index contributed by atoms with van der Waals surface area (Å²) in [5, 5.41) is 28.5. The van der Waals surface area contributed by atoms with Crippen molar-refractivity contribution in [3.63, 3.8) is 0 Å². The van der Waals surface area contributed by atoms with Crippen LogP contribution in [0.3, 0.4) is 0 Å². The SMILES string of the molecule is O=C(O)c1cccc2c1OCCOCCOCCOc1c(C(=O)O)cccc1-c1nnc-2s1. The second-order valence-corrected chi connectivity index (χ2v) is 7.79.